The van der Waals surface area contributed by atoms with E-state index in [2.05, 4.69) is 94.1 Å². The third kappa shape index (κ3) is 4.07. The molecular weight excluding hydrogens is 497 g/mol. The first-order valence-electron chi connectivity index (χ1n) is 9.72. The van der Waals surface area contributed by atoms with Crippen molar-refractivity contribution in [3.8, 4) is 0 Å². The summed E-state index contributed by atoms with van der Waals surface area (Å²) in [4.78, 5) is 8.83. The normalized spacial score (nSPS) is 19.2. The molecule has 2 aromatic carbocycles. The van der Waals surface area contributed by atoms with Gasteiger partial charge in [-0.3, -0.25) is 0 Å². The van der Waals surface area contributed by atoms with E-state index in [0.29, 0.717) is 8.45 Å². The Morgan fingerprint density at radius 3 is 1.52 bits per heavy atom. The van der Waals surface area contributed by atoms with Crippen LogP contribution >= 0.6 is 15.1 Å². The van der Waals surface area contributed by atoms with Crippen LogP contribution in [-0.4, -0.2) is 9.97 Å². The number of hydrogen-bond acceptors (Lipinski definition) is 2. The number of fused-ring (bicyclic) bond motifs is 2. The van der Waals surface area contributed by atoms with E-state index in [9.17, 15) is 0 Å². The third-order valence-electron chi connectivity index (χ3n) is 5.75. The Morgan fingerprint density at radius 1 is 0.645 bits per heavy atom. The zero-order valence-electron chi connectivity index (χ0n) is 16.4. The molecule has 0 radical (unpaired) electrons. The number of aromatic nitrogens is 2. The van der Waals surface area contributed by atoms with Crippen LogP contribution in [-0.2, 0) is 19.2 Å². The molecule has 2 aliphatic carbocycles. The second kappa shape index (κ2) is 9.64. The Labute approximate surface area is 205 Å². The molecule has 4 aromatic rings. The molecule has 0 amide bonds. The van der Waals surface area contributed by atoms with Crippen molar-refractivity contribution in [3.05, 3.63) is 107 Å². The summed E-state index contributed by atoms with van der Waals surface area (Å²) in [7, 11) is -0.756. The number of nitrogens with zero attached hydrogens (tertiary/aromatic N) is 2. The molecule has 0 saturated heterocycles. The van der Waals surface area contributed by atoms with Crippen LogP contribution < -0.4 is 24.8 Å². The fraction of sp³-hybridized carbons (Fsp3) is 0.0833. The van der Waals surface area contributed by atoms with Gasteiger partial charge in [0.15, 0.2) is 0 Å². The van der Waals surface area contributed by atoms with Crippen molar-refractivity contribution in [2.45, 2.75) is 8.45 Å². The van der Waals surface area contributed by atoms with Crippen LogP contribution in [0.3, 0.4) is 0 Å². The number of halogens is 2. The minimum absolute atomic E-state index is 0. The van der Waals surface area contributed by atoms with Crippen LogP contribution in [0.5, 0.6) is 0 Å². The number of hydrogen-bond donors (Lipinski definition) is 0. The Morgan fingerprint density at radius 2 is 1.10 bits per heavy atom. The summed E-state index contributed by atoms with van der Waals surface area (Å²) < 4.78 is 1.15. The van der Waals surface area contributed by atoms with Gasteiger partial charge < -0.3 is 24.8 Å². The predicted octanol–water partition coefficient (Wildman–Crippen LogP) is 1.35. The molecular formula is C24H18Cl2N2P2Ti. The van der Waals surface area contributed by atoms with E-state index in [4.69, 9.17) is 0 Å². The molecule has 7 heteroatoms. The molecule has 0 bridgehead atoms. The first-order chi connectivity index (χ1) is 14.4. The Kier molecular flexibility index (Phi) is 7.09. The maximum atomic E-state index is 4.41. The van der Waals surface area contributed by atoms with Gasteiger partial charge in [-0.2, -0.15) is 0 Å². The fourth-order valence-electron chi connectivity index (χ4n) is 4.40. The van der Waals surface area contributed by atoms with E-state index in [1.165, 1.54) is 22.3 Å². The van der Waals surface area contributed by atoms with Gasteiger partial charge >= 0.3 is 182 Å². The Balaban J connectivity index is 0.00000116. The molecule has 6 rings (SSSR count). The zero-order valence-corrected chi connectivity index (χ0v) is 21.3. The average molecular weight is 515 g/mol. The fourth-order valence-corrected chi connectivity index (χ4v) is 12.2. The number of allylic oxidation sites excluding steroid dienone is 2. The summed E-state index contributed by atoms with van der Waals surface area (Å²) >= 11 is -0.348. The molecule has 0 N–H and O–H groups in total. The van der Waals surface area contributed by atoms with Crippen molar-refractivity contribution in [1.82, 2.24) is 9.97 Å². The molecule has 2 aromatic heterocycles. The smallest absolute Gasteiger partial charge is 1.00 e. The summed E-state index contributed by atoms with van der Waals surface area (Å²) in [5.41, 5.74) is 5.89. The quantitative estimate of drug-likeness (QED) is 0.384. The van der Waals surface area contributed by atoms with E-state index in [1.54, 1.807) is 10.6 Å². The van der Waals surface area contributed by atoms with E-state index in [-0.39, 0.29) is 59.0 Å². The summed E-state index contributed by atoms with van der Waals surface area (Å²) in [5.74, 6) is 8.95. The minimum atomic E-state index is -0.378. The molecule has 0 aliphatic heterocycles. The molecule has 0 spiro atoms. The van der Waals surface area contributed by atoms with Gasteiger partial charge in [-0.1, -0.05) is 0 Å². The molecule has 2 nitrogen and oxygen atoms in total. The predicted molar refractivity (Wildman–Crippen MR) is 121 cm³/mol. The molecule has 0 saturated carbocycles. The van der Waals surface area contributed by atoms with Crippen molar-refractivity contribution in [2.75, 3.05) is 0 Å². The first kappa shape index (κ1) is 22.8. The van der Waals surface area contributed by atoms with E-state index < -0.39 is 0 Å². The van der Waals surface area contributed by atoms with Crippen molar-refractivity contribution in [3.63, 3.8) is 0 Å². The van der Waals surface area contributed by atoms with Gasteiger partial charge in [-0.05, 0) is 0 Å². The third-order valence-corrected chi connectivity index (χ3v) is 13.1. The van der Waals surface area contributed by atoms with Gasteiger partial charge in [-0.15, -0.1) is 0 Å². The average Bonchev–Trinajstić information content (AvgIpc) is 3.55. The summed E-state index contributed by atoms with van der Waals surface area (Å²) in [6.45, 7) is 0. The van der Waals surface area contributed by atoms with Gasteiger partial charge in [0.05, 0.1) is 0 Å². The molecule has 31 heavy (non-hydrogen) atoms. The monoisotopic (exact) mass is 514 g/mol. The summed E-state index contributed by atoms with van der Waals surface area (Å²) in [6.07, 6.45) is 8.88. The van der Waals surface area contributed by atoms with Gasteiger partial charge in [-0.25, -0.2) is 0 Å². The second-order valence-corrected chi connectivity index (χ2v) is 13.4. The van der Waals surface area contributed by atoms with Gasteiger partial charge in [0.1, 0.15) is 0 Å². The number of rotatable bonds is 4. The van der Waals surface area contributed by atoms with Crippen LogP contribution in [0.25, 0.3) is 22.8 Å². The SMILES string of the molecule is C1=C(p2ccnc2)[CH]([Ti+2][CH]2C(p3ccnc3)=Cc3ccccc32)c2ccccc21.[Cl-].[Cl-]. The maximum absolute atomic E-state index is 4.41. The standard InChI is InChI=1S/2C12H9NP.2ClH.Ti/c2*1-2-4-11-8-12(7-10(11)3-1)14-6-5-13-9-14;;;/h2*1-9H;2*1H;/q;;;;+2/p-2. The first-order valence-corrected chi connectivity index (χ1v) is 14.5. The van der Waals surface area contributed by atoms with Crippen LogP contribution in [0.2, 0.25) is 0 Å². The second-order valence-electron chi connectivity index (χ2n) is 7.37. The minimum Gasteiger partial charge on any atom is -1.00 e. The van der Waals surface area contributed by atoms with Gasteiger partial charge in [0, 0.05) is 0 Å². The van der Waals surface area contributed by atoms with Crippen LogP contribution in [0, 0.1) is 0 Å². The van der Waals surface area contributed by atoms with E-state index >= 15 is 0 Å². The number of benzene rings is 2. The molecule has 0 fully saturated rings. The van der Waals surface area contributed by atoms with Crippen molar-refractivity contribution >= 4 is 37.8 Å². The molecule has 152 valence electrons. The van der Waals surface area contributed by atoms with Crippen molar-refractivity contribution in [2.24, 2.45) is 0 Å². The van der Waals surface area contributed by atoms with Gasteiger partial charge in [0.25, 0.3) is 0 Å². The maximum Gasteiger partial charge on any atom is -1.00 e. The van der Waals surface area contributed by atoms with Crippen LogP contribution in [0.4, 0.5) is 0 Å². The molecule has 4 unspecified atom stereocenters. The van der Waals surface area contributed by atoms with E-state index in [1.807, 2.05) is 12.4 Å². The largest absolute Gasteiger partial charge is 1.00 e. The molecule has 4 atom stereocenters. The summed E-state index contributed by atoms with van der Waals surface area (Å²) in [6, 6.07) is 18.0. The Bertz CT molecular complexity index is 1150. The molecule has 2 heterocycles. The van der Waals surface area contributed by atoms with Crippen LogP contribution in [0.1, 0.15) is 30.7 Å². The van der Waals surface area contributed by atoms with Crippen LogP contribution in [0.15, 0.2) is 84.4 Å². The Hall–Kier alpha value is -1.37. The van der Waals surface area contributed by atoms with E-state index in [0.717, 1.165) is 0 Å². The van der Waals surface area contributed by atoms with Crippen molar-refractivity contribution in [1.29, 1.82) is 0 Å². The molecule has 2 aliphatic rings. The topological polar surface area (TPSA) is 25.8 Å². The zero-order chi connectivity index (χ0) is 19.2. The summed E-state index contributed by atoms with van der Waals surface area (Å²) in [5, 5.41) is 3.21. The van der Waals surface area contributed by atoms with Gasteiger partial charge in [0.2, 0.25) is 0 Å². The van der Waals surface area contributed by atoms with Crippen molar-refractivity contribution < 1.29 is 44.0 Å².